The van der Waals surface area contributed by atoms with Crippen molar-refractivity contribution < 1.29 is 0 Å². The topological polar surface area (TPSA) is 29.9 Å². The summed E-state index contributed by atoms with van der Waals surface area (Å²) in [6.07, 6.45) is 5.79. The highest BCUT2D eigenvalue weighted by atomic mass is 15.3. The molecule has 3 heteroatoms. The molecule has 0 amide bonds. The van der Waals surface area contributed by atoms with E-state index in [4.69, 9.17) is 0 Å². The molecule has 0 aliphatic heterocycles. The Labute approximate surface area is 104 Å². The molecular formula is C14H23N3. The summed E-state index contributed by atoms with van der Waals surface area (Å²) in [4.78, 5) is 0. The lowest BCUT2D eigenvalue weighted by Crippen LogP contribution is -2.29. The number of aromatic nitrogens is 2. The zero-order valence-electron chi connectivity index (χ0n) is 11.1. The zero-order chi connectivity index (χ0) is 12.0. The Morgan fingerprint density at radius 2 is 2.24 bits per heavy atom. The SMILES string of the molecule is CNC(c1cc(C)n(C)n1)C1CC2CCC1C2. The number of nitrogens with one attached hydrogen (secondary N) is 1. The van der Waals surface area contributed by atoms with Crippen molar-refractivity contribution in [1.29, 1.82) is 0 Å². The Balaban J connectivity index is 1.84. The maximum atomic E-state index is 4.66. The van der Waals surface area contributed by atoms with E-state index < -0.39 is 0 Å². The molecule has 17 heavy (non-hydrogen) atoms. The molecule has 4 unspecified atom stereocenters. The van der Waals surface area contributed by atoms with Crippen molar-refractivity contribution in [2.45, 2.75) is 38.6 Å². The minimum atomic E-state index is 0.463. The summed E-state index contributed by atoms with van der Waals surface area (Å²) >= 11 is 0. The van der Waals surface area contributed by atoms with E-state index in [0.717, 1.165) is 17.8 Å². The summed E-state index contributed by atoms with van der Waals surface area (Å²) < 4.78 is 1.99. The van der Waals surface area contributed by atoms with Crippen molar-refractivity contribution >= 4 is 0 Å². The van der Waals surface area contributed by atoms with Crippen LogP contribution in [0.15, 0.2) is 6.07 Å². The number of rotatable bonds is 3. The molecule has 4 atom stereocenters. The Morgan fingerprint density at radius 3 is 2.71 bits per heavy atom. The first kappa shape index (κ1) is 11.3. The molecule has 2 saturated carbocycles. The van der Waals surface area contributed by atoms with Crippen molar-refractivity contribution in [2.75, 3.05) is 7.05 Å². The quantitative estimate of drug-likeness (QED) is 0.869. The highest BCUT2D eigenvalue weighted by Crippen LogP contribution is 2.52. The van der Waals surface area contributed by atoms with Crippen molar-refractivity contribution in [2.24, 2.45) is 24.8 Å². The third-order valence-corrected chi connectivity index (χ3v) is 4.98. The van der Waals surface area contributed by atoms with Gasteiger partial charge in [0, 0.05) is 12.7 Å². The van der Waals surface area contributed by atoms with Gasteiger partial charge in [0.1, 0.15) is 0 Å². The van der Waals surface area contributed by atoms with E-state index in [2.05, 4.69) is 30.5 Å². The Morgan fingerprint density at radius 1 is 1.41 bits per heavy atom. The fraction of sp³-hybridized carbons (Fsp3) is 0.786. The first-order valence-electron chi connectivity index (χ1n) is 6.87. The van der Waals surface area contributed by atoms with Crippen molar-refractivity contribution in [1.82, 2.24) is 15.1 Å². The van der Waals surface area contributed by atoms with Gasteiger partial charge in [-0.05, 0) is 57.1 Å². The predicted octanol–water partition coefficient (Wildman–Crippen LogP) is 2.43. The first-order chi connectivity index (χ1) is 8.19. The molecule has 1 heterocycles. The average molecular weight is 233 g/mol. The van der Waals surface area contributed by atoms with E-state index in [1.807, 2.05) is 11.7 Å². The lowest BCUT2D eigenvalue weighted by atomic mass is 9.82. The van der Waals surface area contributed by atoms with Crippen LogP contribution in [0.1, 0.15) is 43.1 Å². The molecule has 0 spiro atoms. The van der Waals surface area contributed by atoms with E-state index in [9.17, 15) is 0 Å². The minimum Gasteiger partial charge on any atom is -0.311 e. The minimum absolute atomic E-state index is 0.463. The summed E-state index contributed by atoms with van der Waals surface area (Å²) in [7, 11) is 4.12. The van der Waals surface area contributed by atoms with Gasteiger partial charge < -0.3 is 5.32 Å². The van der Waals surface area contributed by atoms with E-state index in [1.54, 1.807) is 0 Å². The third-order valence-electron chi connectivity index (χ3n) is 4.98. The Hall–Kier alpha value is -0.830. The van der Waals surface area contributed by atoms with Crippen LogP contribution in [0, 0.1) is 24.7 Å². The van der Waals surface area contributed by atoms with Crippen LogP contribution in [0.25, 0.3) is 0 Å². The van der Waals surface area contributed by atoms with E-state index in [-0.39, 0.29) is 0 Å². The molecule has 2 bridgehead atoms. The molecule has 0 radical (unpaired) electrons. The second-order valence-corrected chi connectivity index (χ2v) is 5.94. The van der Waals surface area contributed by atoms with E-state index >= 15 is 0 Å². The molecule has 2 aliphatic rings. The normalized spacial score (nSPS) is 33.2. The first-order valence-corrected chi connectivity index (χ1v) is 6.87. The monoisotopic (exact) mass is 233 g/mol. The summed E-state index contributed by atoms with van der Waals surface area (Å²) in [6, 6.07) is 2.71. The van der Waals surface area contributed by atoms with Crippen molar-refractivity contribution in [3.63, 3.8) is 0 Å². The van der Waals surface area contributed by atoms with Gasteiger partial charge in [0.15, 0.2) is 0 Å². The second-order valence-electron chi connectivity index (χ2n) is 5.94. The van der Waals surface area contributed by atoms with Gasteiger partial charge >= 0.3 is 0 Å². The predicted molar refractivity (Wildman–Crippen MR) is 68.7 cm³/mol. The number of hydrogen-bond donors (Lipinski definition) is 1. The Kier molecular flexibility index (Phi) is 2.74. The van der Waals surface area contributed by atoms with Gasteiger partial charge in [0.25, 0.3) is 0 Å². The molecule has 94 valence electrons. The smallest absolute Gasteiger partial charge is 0.0799 e. The lowest BCUT2D eigenvalue weighted by molar-refractivity contribution is 0.255. The highest BCUT2D eigenvalue weighted by Gasteiger charge is 2.43. The fourth-order valence-corrected chi connectivity index (χ4v) is 4.02. The van der Waals surface area contributed by atoms with Crippen LogP contribution < -0.4 is 5.32 Å². The largest absolute Gasteiger partial charge is 0.311 e. The highest BCUT2D eigenvalue weighted by molar-refractivity contribution is 5.15. The molecule has 1 aromatic heterocycles. The van der Waals surface area contributed by atoms with Crippen molar-refractivity contribution in [3.8, 4) is 0 Å². The molecule has 0 saturated heterocycles. The zero-order valence-corrected chi connectivity index (χ0v) is 11.1. The lowest BCUT2D eigenvalue weighted by Gasteiger charge is -2.29. The number of fused-ring (bicyclic) bond motifs is 2. The molecule has 2 aliphatic carbocycles. The van der Waals surface area contributed by atoms with Crippen LogP contribution >= 0.6 is 0 Å². The van der Waals surface area contributed by atoms with E-state index in [0.29, 0.717) is 6.04 Å². The van der Waals surface area contributed by atoms with Gasteiger partial charge in [0.05, 0.1) is 11.7 Å². The molecule has 1 aromatic rings. The van der Waals surface area contributed by atoms with Crippen LogP contribution in [-0.2, 0) is 7.05 Å². The van der Waals surface area contributed by atoms with Crippen molar-refractivity contribution in [3.05, 3.63) is 17.5 Å². The maximum absolute atomic E-state index is 4.66. The summed E-state index contributed by atoms with van der Waals surface area (Å²) in [5.41, 5.74) is 2.49. The van der Waals surface area contributed by atoms with Crippen LogP contribution in [-0.4, -0.2) is 16.8 Å². The summed E-state index contributed by atoms with van der Waals surface area (Å²) in [5, 5.41) is 8.17. The molecule has 2 fully saturated rings. The molecule has 1 N–H and O–H groups in total. The van der Waals surface area contributed by atoms with Gasteiger partial charge in [-0.2, -0.15) is 5.10 Å². The van der Waals surface area contributed by atoms with Crippen LogP contribution in [0.5, 0.6) is 0 Å². The van der Waals surface area contributed by atoms with Gasteiger partial charge in [-0.1, -0.05) is 6.42 Å². The molecule has 0 aromatic carbocycles. The Bertz CT molecular complexity index is 390. The van der Waals surface area contributed by atoms with Crippen LogP contribution in [0.2, 0.25) is 0 Å². The summed E-state index contributed by atoms with van der Waals surface area (Å²) in [5.74, 6) is 2.76. The fourth-order valence-electron chi connectivity index (χ4n) is 4.02. The van der Waals surface area contributed by atoms with Crippen LogP contribution in [0.3, 0.4) is 0 Å². The second kappa shape index (κ2) is 4.13. The van der Waals surface area contributed by atoms with Gasteiger partial charge in [-0.15, -0.1) is 0 Å². The average Bonchev–Trinajstić information content (AvgIpc) is 2.98. The molecule has 3 rings (SSSR count). The maximum Gasteiger partial charge on any atom is 0.0799 e. The summed E-state index contributed by atoms with van der Waals surface area (Å²) in [6.45, 7) is 2.13. The molecule has 3 nitrogen and oxygen atoms in total. The number of hydrogen-bond acceptors (Lipinski definition) is 2. The third kappa shape index (κ3) is 1.81. The van der Waals surface area contributed by atoms with Gasteiger partial charge in [-0.3, -0.25) is 4.68 Å². The van der Waals surface area contributed by atoms with E-state index in [1.165, 1.54) is 37.1 Å². The van der Waals surface area contributed by atoms with Crippen LogP contribution in [0.4, 0.5) is 0 Å². The number of aryl methyl sites for hydroxylation is 2. The standard InChI is InChI=1S/C14H23N3/c1-9-6-13(16-17(9)3)14(15-2)12-8-10-4-5-11(12)7-10/h6,10-12,14-15H,4-5,7-8H2,1-3H3. The van der Waals surface area contributed by atoms with Gasteiger partial charge in [0.2, 0.25) is 0 Å². The van der Waals surface area contributed by atoms with Gasteiger partial charge in [-0.25, -0.2) is 0 Å². The number of nitrogens with zero attached hydrogens (tertiary/aromatic N) is 2. The molecular weight excluding hydrogens is 210 g/mol.